The van der Waals surface area contributed by atoms with E-state index in [9.17, 15) is 5.11 Å². The van der Waals surface area contributed by atoms with E-state index in [4.69, 9.17) is 11.5 Å². The number of rotatable bonds is 5. The minimum Gasteiger partial charge on any atom is -0.390 e. The fraction of sp³-hybridized carbons (Fsp3) is 0.294. The molecule has 0 saturated carbocycles. The number of anilines is 2. The van der Waals surface area contributed by atoms with Crippen molar-refractivity contribution in [3.63, 3.8) is 0 Å². The molecule has 0 bridgehead atoms. The van der Waals surface area contributed by atoms with Gasteiger partial charge in [-0.05, 0) is 13.3 Å². The zero-order valence-electron chi connectivity index (χ0n) is 14.2. The van der Waals surface area contributed by atoms with Crippen LogP contribution in [0.2, 0.25) is 0 Å². The van der Waals surface area contributed by atoms with E-state index >= 15 is 0 Å². The average Bonchev–Trinajstić information content (AvgIpc) is 2.92. The van der Waals surface area contributed by atoms with Gasteiger partial charge in [0.05, 0.1) is 18.3 Å². The number of nitrogens with two attached hydrogens (primary N) is 2. The van der Waals surface area contributed by atoms with Gasteiger partial charge in [0.25, 0.3) is 0 Å². The molecule has 0 radical (unpaired) electrons. The summed E-state index contributed by atoms with van der Waals surface area (Å²) in [6.45, 7) is 3.80. The summed E-state index contributed by atoms with van der Waals surface area (Å²) in [6.07, 6.45) is 0.699. The third-order valence-electron chi connectivity index (χ3n) is 4.11. The van der Waals surface area contributed by atoms with Gasteiger partial charge in [0.1, 0.15) is 5.82 Å². The number of aliphatic hydroxyl groups is 1. The molecule has 0 aliphatic rings. The second kappa shape index (κ2) is 6.86. The molecule has 8 nitrogen and oxygen atoms in total. The Hall–Kier alpha value is -3.00. The predicted molar refractivity (Wildman–Crippen MR) is 95.4 cm³/mol. The summed E-state index contributed by atoms with van der Waals surface area (Å²) in [6, 6.07) is 9.56. The van der Waals surface area contributed by atoms with Crippen molar-refractivity contribution in [3.05, 3.63) is 47.5 Å². The lowest BCUT2D eigenvalue weighted by Crippen LogP contribution is -2.18. The van der Waals surface area contributed by atoms with E-state index in [0.29, 0.717) is 17.9 Å². The van der Waals surface area contributed by atoms with E-state index in [0.717, 1.165) is 17.1 Å². The molecule has 0 saturated heterocycles. The summed E-state index contributed by atoms with van der Waals surface area (Å²) in [4.78, 5) is 17.0. The van der Waals surface area contributed by atoms with Crippen LogP contribution in [0.15, 0.2) is 30.3 Å². The molecule has 5 N–H and O–H groups in total. The molecule has 25 heavy (non-hydrogen) atoms. The quantitative estimate of drug-likeness (QED) is 0.645. The molecule has 2 heterocycles. The highest BCUT2D eigenvalue weighted by molar-refractivity contribution is 5.57. The molecule has 2 aromatic heterocycles. The van der Waals surface area contributed by atoms with E-state index < -0.39 is 0 Å². The van der Waals surface area contributed by atoms with Gasteiger partial charge >= 0.3 is 0 Å². The van der Waals surface area contributed by atoms with Crippen LogP contribution in [-0.2, 0) is 6.61 Å². The van der Waals surface area contributed by atoms with Crippen LogP contribution < -0.4 is 11.5 Å². The first-order valence-electron chi connectivity index (χ1n) is 8.06. The van der Waals surface area contributed by atoms with E-state index in [-0.39, 0.29) is 24.5 Å². The maximum atomic E-state index is 9.66. The highest BCUT2D eigenvalue weighted by Crippen LogP contribution is 2.30. The summed E-state index contributed by atoms with van der Waals surface area (Å²) in [5, 5.41) is 9.66. The van der Waals surface area contributed by atoms with Gasteiger partial charge in [0, 0.05) is 11.3 Å². The second-order valence-electron chi connectivity index (χ2n) is 5.70. The van der Waals surface area contributed by atoms with Crippen molar-refractivity contribution < 1.29 is 5.11 Å². The van der Waals surface area contributed by atoms with Crippen LogP contribution in [0.1, 0.15) is 36.6 Å². The molecule has 1 atom stereocenters. The monoisotopic (exact) mass is 339 g/mol. The Labute approximate surface area is 145 Å². The third-order valence-corrected chi connectivity index (χ3v) is 4.11. The first kappa shape index (κ1) is 16.8. The van der Waals surface area contributed by atoms with Crippen LogP contribution in [-0.4, -0.2) is 29.6 Å². The van der Waals surface area contributed by atoms with Crippen molar-refractivity contribution in [3.8, 4) is 11.4 Å². The Morgan fingerprint density at radius 2 is 1.68 bits per heavy atom. The van der Waals surface area contributed by atoms with Crippen LogP contribution in [0.3, 0.4) is 0 Å². The van der Waals surface area contributed by atoms with Crippen LogP contribution >= 0.6 is 0 Å². The summed E-state index contributed by atoms with van der Waals surface area (Å²) < 4.78 is 2.02. The summed E-state index contributed by atoms with van der Waals surface area (Å²) in [5.74, 6) is 1.39. The van der Waals surface area contributed by atoms with Gasteiger partial charge in [-0.25, -0.2) is 4.98 Å². The van der Waals surface area contributed by atoms with Gasteiger partial charge in [0.2, 0.25) is 11.9 Å². The fourth-order valence-corrected chi connectivity index (χ4v) is 2.94. The van der Waals surface area contributed by atoms with Crippen molar-refractivity contribution in [2.75, 3.05) is 11.5 Å². The molecule has 0 fully saturated rings. The number of imidazole rings is 1. The lowest BCUT2D eigenvalue weighted by atomic mass is 10.1. The molecule has 1 unspecified atom stereocenters. The Morgan fingerprint density at radius 3 is 2.24 bits per heavy atom. The Balaban J connectivity index is 2.21. The molecule has 0 aliphatic carbocycles. The first-order valence-corrected chi connectivity index (χ1v) is 8.06. The van der Waals surface area contributed by atoms with Gasteiger partial charge in [-0.2, -0.15) is 15.0 Å². The molecule has 3 rings (SSSR count). The maximum absolute atomic E-state index is 9.66. The largest absolute Gasteiger partial charge is 0.390 e. The number of hydrogen-bond acceptors (Lipinski definition) is 7. The first-order chi connectivity index (χ1) is 12.0. The molecule has 8 heteroatoms. The fourth-order valence-electron chi connectivity index (χ4n) is 2.94. The molecule has 130 valence electrons. The zero-order valence-corrected chi connectivity index (χ0v) is 14.2. The van der Waals surface area contributed by atoms with Crippen molar-refractivity contribution >= 4 is 11.9 Å². The van der Waals surface area contributed by atoms with E-state index in [1.54, 1.807) is 0 Å². The van der Waals surface area contributed by atoms with Crippen molar-refractivity contribution in [1.82, 2.24) is 24.5 Å². The van der Waals surface area contributed by atoms with Crippen molar-refractivity contribution in [2.45, 2.75) is 32.9 Å². The van der Waals surface area contributed by atoms with Crippen LogP contribution in [0.25, 0.3) is 11.4 Å². The number of hydrogen-bond donors (Lipinski definition) is 3. The van der Waals surface area contributed by atoms with E-state index in [1.807, 2.05) is 48.7 Å². The van der Waals surface area contributed by atoms with Crippen LogP contribution in [0.4, 0.5) is 11.9 Å². The Morgan fingerprint density at radius 1 is 1.04 bits per heavy atom. The Bertz CT molecular complexity index is 856. The normalized spacial score (nSPS) is 12.3. The predicted octanol–water partition coefficient (Wildman–Crippen LogP) is 1.70. The Kier molecular flexibility index (Phi) is 4.62. The number of aliphatic hydroxyl groups excluding tert-OH is 1. The molecule has 3 aromatic rings. The average molecular weight is 339 g/mol. The number of nitrogen functional groups attached to an aromatic ring is 2. The molecule has 0 amide bonds. The van der Waals surface area contributed by atoms with Gasteiger partial charge in [-0.3, -0.25) is 0 Å². The maximum Gasteiger partial charge on any atom is 0.225 e. The molecular weight excluding hydrogens is 318 g/mol. The smallest absolute Gasteiger partial charge is 0.225 e. The zero-order chi connectivity index (χ0) is 18.0. The van der Waals surface area contributed by atoms with Crippen molar-refractivity contribution in [2.24, 2.45) is 0 Å². The van der Waals surface area contributed by atoms with Crippen molar-refractivity contribution in [1.29, 1.82) is 0 Å². The summed E-state index contributed by atoms with van der Waals surface area (Å²) in [5.41, 5.74) is 13.9. The van der Waals surface area contributed by atoms with Crippen LogP contribution in [0, 0.1) is 6.92 Å². The SMILES string of the molecule is CCC(c1nc(N)nc(N)n1)n1c(-c2ccccc2)nc(CO)c1C. The second-order valence-corrected chi connectivity index (χ2v) is 5.70. The minimum absolute atomic E-state index is 0.0855. The molecule has 1 aromatic carbocycles. The third kappa shape index (κ3) is 3.16. The van der Waals surface area contributed by atoms with Gasteiger partial charge in [0.15, 0.2) is 5.82 Å². The lowest BCUT2D eigenvalue weighted by molar-refractivity contribution is 0.276. The molecule has 0 aliphatic heterocycles. The summed E-state index contributed by atoms with van der Waals surface area (Å²) in [7, 11) is 0. The highest BCUT2D eigenvalue weighted by atomic mass is 16.3. The van der Waals surface area contributed by atoms with Crippen LogP contribution in [0.5, 0.6) is 0 Å². The van der Waals surface area contributed by atoms with Gasteiger partial charge in [-0.1, -0.05) is 37.3 Å². The standard InChI is InChI=1S/C17H21N7O/c1-3-13(14-21-16(18)23-17(19)22-14)24-10(2)12(9-25)20-15(24)11-7-5-4-6-8-11/h4-8,13,25H,3,9H2,1-2H3,(H4,18,19,21,22,23). The van der Waals surface area contributed by atoms with Gasteiger partial charge < -0.3 is 21.1 Å². The summed E-state index contributed by atoms with van der Waals surface area (Å²) >= 11 is 0. The number of aromatic nitrogens is 5. The molecular formula is C17H21N7O. The number of nitrogens with zero attached hydrogens (tertiary/aromatic N) is 5. The minimum atomic E-state index is -0.226. The molecule has 0 spiro atoms. The van der Waals surface area contributed by atoms with E-state index in [2.05, 4.69) is 19.9 Å². The topological polar surface area (TPSA) is 129 Å². The number of benzene rings is 1. The highest BCUT2D eigenvalue weighted by Gasteiger charge is 2.24. The van der Waals surface area contributed by atoms with E-state index in [1.165, 1.54) is 0 Å². The lowest BCUT2D eigenvalue weighted by Gasteiger charge is -2.20. The van der Waals surface area contributed by atoms with Gasteiger partial charge in [-0.15, -0.1) is 0 Å².